The number of benzene rings is 2. The molecule has 2 aromatic carbocycles. The van der Waals surface area contributed by atoms with Crippen LogP contribution < -0.4 is 5.84 Å². The van der Waals surface area contributed by atoms with E-state index < -0.39 is 0 Å². The van der Waals surface area contributed by atoms with Crippen molar-refractivity contribution in [2.75, 3.05) is 26.2 Å². The number of carbonyl (C=O) groups is 1. The van der Waals surface area contributed by atoms with Gasteiger partial charge in [0, 0.05) is 43.9 Å². The van der Waals surface area contributed by atoms with Gasteiger partial charge in [-0.3, -0.25) is 9.69 Å². The molecule has 3 aromatic rings. The van der Waals surface area contributed by atoms with Crippen LogP contribution in [0.3, 0.4) is 0 Å². The molecule has 3 aliphatic heterocycles. The molecular formula is C27H26N7O2+. The molecule has 4 heterocycles. The number of amidine groups is 2. The van der Waals surface area contributed by atoms with Crippen LogP contribution in [-0.2, 0) is 6.54 Å². The summed E-state index contributed by atoms with van der Waals surface area (Å²) in [6, 6.07) is 21.5. The van der Waals surface area contributed by atoms with Crippen molar-refractivity contribution in [1.29, 1.82) is 0 Å². The van der Waals surface area contributed by atoms with E-state index in [9.17, 15) is 4.79 Å². The standard InChI is InChI=1S/C27H26N7O2/c28-34-19-23(29-17-25(34)30-26(31-34)24-10-5-15-36-24)21-8-4-9-22(16-21)27(35)33-13-11-32(12-14-33)18-20-6-2-1-3-7-20/h1-10,15-17,19H,11-14,18,28H2/q+1. The second kappa shape index (κ2) is 9.12. The SMILES string of the molecule is N[N+]12C=C(c3cccc(C(=O)N4CCN(Cc5ccccc5)CC4)c3)N=CC1=NC(c1ccco1)=N2. The third kappa shape index (κ3) is 4.31. The smallest absolute Gasteiger partial charge is 0.300 e. The minimum Gasteiger partial charge on any atom is -0.461 e. The zero-order chi connectivity index (χ0) is 24.5. The van der Waals surface area contributed by atoms with Crippen LogP contribution in [0.25, 0.3) is 5.70 Å². The van der Waals surface area contributed by atoms with Gasteiger partial charge in [0.25, 0.3) is 17.6 Å². The molecule has 1 fully saturated rings. The van der Waals surface area contributed by atoms with Gasteiger partial charge >= 0.3 is 0 Å². The van der Waals surface area contributed by atoms with Crippen LogP contribution in [-0.4, -0.2) is 64.5 Å². The van der Waals surface area contributed by atoms with Crippen molar-refractivity contribution in [3.05, 3.63) is 102 Å². The van der Waals surface area contributed by atoms with E-state index in [0.717, 1.165) is 25.2 Å². The highest BCUT2D eigenvalue weighted by atomic mass is 16.3. The monoisotopic (exact) mass is 480 g/mol. The summed E-state index contributed by atoms with van der Waals surface area (Å²) in [6.45, 7) is 3.99. The molecule has 1 saturated heterocycles. The van der Waals surface area contributed by atoms with Crippen molar-refractivity contribution >= 4 is 29.5 Å². The normalized spacial score (nSPS) is 21.6. The largest absolute Gasteiger partial charge is 0.461 e. The molecular weight excluding hydrogens is 454 g/mol. The number of quaternary nitrogens is 1. The number of nitrogens with two attached hydrogens (primary N) is 1. The Morgan fingerprint density at radius 2 is 1.83 bits per heavy atom. The topological polar surface area (TPSA) is 99.8 Å². The Balaban J connectivity index is 1.16. The van der Waals surface area contributed by atoms with Crippen molar-refractivity contribution in [3.8, 4) is 0 Å². The predicted octanol–water partition coefficient (Wildman–Crippen LogP) is 3.08. The molecule has 9 heteroatoms. The number of hydrogen-bond donors (Lipinski definition) is 1. The maximum atomic E-state index is 13.3. The van der Waals surface area contributed by atoms with E-state index in [1.165, 1.54) is 5.56 Å². The van der Waals surface area contributed by atoms with Gasteiger partial charge in [0.15, 0.2) is 12.0 Å². The first-order valence-corrected chi connectivity index (χ1v) is 11.9. The van der Waals surface area contributed by atoms with Gasteiger partial charge < -0.3 is 9.32 Å². The molecule has 2 N–H and O–H groups in total. The average molecular weight is 481 g/mol. The number of amides is 1. The van der Waals surface area contributed by atoms with Gasteiger partial charge in [-0.2, -0.15) is 4.99 Å². The summed E-state index contributed by atoms with van der Waals surface area (Å²) >= 11 is 0. The van der Waals surface area contributed by atoms with Crippen LogP contribution in [0.2, 0.25) is 0 Å². The zero-order valence-electron chi connectivity index (χ0n) is 19.7. The van der Waals surface area contributed by atoms with Gasteiger partial charge in [0.1, 0.15) is 11.9 Å². The van der Waals surface area contributed by atoms with Gasteiger partial charge in [-0.05, 0) is 39.6 Å². The summed E-state index contributed by atoms with van der Waals surface area (Å²) in [6.07, 6.45) is 4.90. The molecule has 1 unspecified atom stereocenters. The third-order valence-electron chi connectivity index (χ3n) is 6.54. The second-order valence-corrected chi connectivity index (χ2v) is 9.02. The fourth-order valence-electron chi connectivity index (χ4n) is 4.59. The summed E-state index contributed by atoms with van der Waals surface area (Å²) in [5.74, 6) is 7.97. The van der Waals surface area contributed by atoms with Crippen LogP contribution in [0.5, 0.6) is 0 Å². The molecule has 180 valence electrons. The lowest BCUT2D eigenvalue weighted by atomic mass is 10.1. The summed E-state index contributed by atoms with van der Waals surface area (Å²) in [5.41, 5.74) is 3.34. The quantitative estimate of drug-likeness (QED) is 0.448. The minimum atomic E-state index is -0.351. The van der Waals surface area contributed by atoms with Gasteiger partial charge in [-0.15, -0.1) is 5.84 Å². The number of furan rings is 1. The molecule has 0 aliphatic carbocycles. The molecule has 0 saturated carbocycles. The number of rotatable bonds is 5. The first-order valence-electron chi connectivity index (χ1n) is 11.9. The Labute approximate surface area is 208 Å². The van der Waals surface area contributed by atoms with E-state index in [4.69, 9.17) is 10.3 Å². The molecule has 9 nitrogen and oxygen atoms in total. The highest BCUT2D eigenvalue weighted by molar-refractivity contribution is 6.32. The molecule has 1 aromatic heterocycles. The van der Waals surface area contributed by atoms with Crippen molar-refractivity contribution < 1.29 is 13.9 Å². The van der Waals surface area contributed by atoms with Crippen molar-refractivity contribution in [1.82, 2.24) is 9.80 Å². The fourth-order valence-corrected chi connectivity index (χ4v) is 4.59. The first kappa shape index (κ1) is 22.3. The lowest BCUT2D eigenvalue weighted by Crippen LogP contribution is -2.50. The van der Waals surface area contributed by atoms with Gasteiger partial charge in [0.05, 0.1) is 6.26 Å². The number of nitrogens with zero attached hydrogens (tertiary/aromatic N) is 6. The molecule has 1 atom stereocenters. The van der Waals surface area contributed by atoms with E-state index in [-0.39, 0.29) is 10.6 Å². The summed E-state index contributed by atoms with van der Waals surface area (Å²) in [7, 11) is 0. The van der Waals surface area contributed by atoms with Crippen molar-refractivity contribution in [3.63, 3.8) is 0 Å². The third-order valence-corrected chi connectivity index (χ3v) is 6.54. The van der Waals surface area contributed by atoms with E-state index >= 15 is 0 Å². The Bertz CT molecular complexity index is 1400. The van der Waals surface area contributed by atoms with E-state index in [2.05, 4.69) is 44.3 Å². The van der Waals surface area contributed by atoms with E-state index in [1.807, 2.05) is 35.2 Å². The number of piperazine rings is 1. The lowest BCUT2D eigenvalue weighted by Gasteiger charge is -2.34. The van der Waals surface area contributed by atoms with Gasteiger partial charge in [-0.25, -0.2) is 4.99 Å². The summed E-state index contributed by atoms with van der Waals surface area (Å²) < 4.78 is 5.05. The molecule has 0 radical (unpaired) electrons. The number of aliphatic imine (C=N–C) groups is 2. The van der Waals surface area contributed by atoms with Crippen LogP contribution in [0, 0.1) is 0 Å². The maximum Gasteiger partial charge on any atom is 0.300 e. The fraction of sp³-hybridized carbons (Fsp3) is 0.185. The molecule has 6 rings (SSSR count). The Morgan fingerprint density at radius 1 is 1.00 bits per heavy atom. The molecule has 0 spiro atoms. The Morgan fingerprint density at radius 3 is 2.61 bits per heavy atom. The lowest BCUT2D eigenvalue weighted by molar-refractivity contribution is -0.802. The summed E-state index contributed by atoms with van der Waals surface area (Å²) in [4.78, 5) is 26.6. The van der Waals surface area contributed by atoms with E-state index in [0.29, 0.717) is 41.8 Å². The Hall–Kier alpha value is -4.18. The highest BCUT2D eigenvalue weighted by Crippen LogP contribution is 2.27. The maximum absolute atomic E-state index is 13.3. The summed E-state index contributed by atoms with van der Waals surface area (Å²) in [5, 5.41) is 4.52. The van der Waals surface area contributed by atoms with Gasteiger partial charge in [-0.1, -0.05) is 42.5 Å². The molecule has 0 bridgehead atoms. The van der Waals surface area contributed by atoms with Crippen LogP contribution >= 0.6 is 0 Å². The number of hydrogen-bond acceptors (Lipinski definition) is 7. The average Bonchev–Trinajstić information content (AvgIpc) is 3.57. The van der Waals surface area contributed by atoms with E-state index in [1.54, 1.807) is 30.8 Å². The van der Waals surface area contributed by atoms with Crippen LogP contribution in [0.1, 0.15) is 27.2 Å². The van der Waals surface area contributed by atoms with Crippen molar-refractivity contribution in [2.45, 2.75) is 6.54 Å². The number of fused-ring (bicyclic) bond motifs is 1. The predicted molar refractivity (Wildman–Crippen MR) is 138 cm³/mol. The van der Waals surface area contributed by atoms with Crippen LogP contribution in [0.15, 0.2) is 98.7 Å². The molecule has 36 heavy (non-hydrogen) atoms. The first-order chi connectivity index (χ1) is 17.6. The second-order valence-electron chi connectivity index (χ2n) is 9.02. The molecule has 1 amide bonds. The molecule has 3 aliphatic rings. The minimum absolute atomic E-state index is 0.0230. The van der Waals surface area contributed by atoms with Gasteiger partial charge in [0.2, 0.25) is 0 Å². The van der Waals surface area contributed by atoms with Crippen molar-refractivity contribution in [2.24, 2.45) is 20.9 Å². The zero-order valence-corrected chi connectivity index (χ0v) is 19.7. The number of carbonyl (C=O) groups excluding carboxylic acids is 1. The highest BCUT2D eigenvalue weighted by Gasteiger charge is 2.40. The van der Waals surface area contributed by atoms with Crippen LogP contribution in [0.4, 0.5) is 0 Å². The Kier molecular flexibility index (Phi) is 5.65.